The third-order valence-electron chi connectivity index (χ3n) is 3.99. The van der Waals surface area contributed by atoms with Gasteiger partial charge in [-0.1, -0.05) is 25.0 Å². The molecule has 0 radical (unpaired) electrons. The molecule has 1 fully saturated rings. The van der Waals surface area contributed by atoms with Crippen LogP contribution in [0.1, 0.15) is 43.0 Å². The van der Waals surface area contributed by atoms with Crippen LogP contribution in [0.25, 0.3) is 0 Å². The Hall–Kier alpha value is -2.63. The predicted molar refractivity (Wildman–Crippen MR) is 94.2 cm³/mol. The summed E-state index contributed by atoms with van der Waals surface area (Å²) in [7, 11) is 0. The van der Waals surface area contributed by atoms with E-state index in [1.54, 1.807) is 24.3 Å². The summed E-state index contributed by atoms with van der Waals surface area (Å²) in [6.45, 7) is 1.97. The molecule has 2 N–H and O–H groups in total. The molecule has 0 aliphatic heterocycles. The smallest absolute Gasteiger partial charge is 0.308 e. The normalized spacial score (nSPS) is 14.4. The van der Waals surface area contributed by atoms with Crippen LogP contribution in [0.5, 0.6) is 5.75 Å². The fourth-order valence-corrected chi connectivity index (χ4v) is 2.76. The zero-order chi connectivity index (χ0) is 18.1. The van der Waals surface area contributed by atoms with Gasteiger partial charge in [-0.15, -0.1) is 0 Å². The van der Waals surface area contributed by atoms with Gasteiger partial charge in [0.15, 0.2) is 0 Å². The van der Waals surface area contributed by atoms with Crippen molar-refractivity contribution in [3.8, 4) is 5.75 Å². The molecule has 0 saturated heterocycles. The first-order valence-corrected chi connectivity index (χ1v) is 8.57. The maximum absolute atomic E-state index is 12.0. The van der Waals surface area contributed by atoms with Crippen LogP contribution in [-0.4, -0.2) is 30.9 Å². The van der Waals surface area contributed by atoms with Crippen LogP contribution in [-0.2, 0) is 9.59 Å². The van der Waals surface area contributed by atoms with Gasteiger partial charge in [-0.25, -0.2) is 0 Å². The van der Waals surface area contributed by atoms with Crippen molar-refractivity contribution in [2.24, 2.45) is 5.92 Å². The summed E-state index contributed by atoms with van der Waals surface area (Å²) < 4.78 is 4.95. The molecule has 25 heavy (non-hydrogen) atoms. The van der Waals surface area contributed by atoms with Gasteiger partial charge in [-0.3, -0.25) is 14.4 Å². The Bertz CT molecular complexity index is 649. The summed E-state index contributed by atoms with van der Waals surface area (Å²) in [5.41, 5.74) is 0.395. The number of hydrogen-bond donors (Lipinski definition) is 2. The van der Waals surface area contributed by atoms with Gasteiger partial charge >= 0.3 is 5.97 Å². The molecule has 2 rings (SSSR count). The molecule has 2 amide bonds. The highest BCUT2D eigenvalue weighted by molar-refractivity contribution is 5.94. The monoisotopic (exact) mass is 344 g/mol. The fraction of sp³-hybridized carbons (Fsp3) is 0.421. The van der Waals surface area contributed by atoms with Crippen LogP contribution >= 0.6 is 0 Å². The van der Waals surface area contributed by atoms with E-state index in [0.29, 0.717) is 30.3 Å². The highest BCUT2D eigenvalue weighted by atomic mass is 16.5. The van der Waals surface area contributed by atoms with Gasteiger partial charge in [-0.2, -0.15) is 0 Å². The molecule has 0 spiro atoms. The van der Waals surface area contributed by atoms with Crippen LogP contribution in [0.3, 0.4) is 0 Å². The number of benzene rings is 1. The Morgan fingerprint density at radius 1 is 1.16 bits per heavy atom. The van der Waals surface area contributed by atoms with Crippen LogP contribution in [0.2, 0.25) is 0 Å². The zero-order valence-corrected chi connectivity index (χ0v) is 14.4. The van der Waals surface area contributed by atoms with Crippen molar-refractivity contribution >= 4 is 17.8 Å². The third-order valence-corrected chi connectivity index (χ3v) is 3.99. The lowest BCUT2D eigenvalue weighted by Gasteiger charge is -2.07. The molecule has 1 aliphatic rings. The quantitative estimate of drug-likeness (QED) is 0.344. The second kappa shape index (κ2) is 9.61. The second-order valence-electron chi connectivity index (χ2n) is 6.07. The molecule has 1 aliphatic carbocycles. The van der Waals surface area contributed by atoms with Gasteiger partial charge in [0.25, 0.3) is 5.91 Å². The maximum Gasteiger partial charge on any atom is 0.308 e. The maximum atomic E-state index is 12.0. The van der Waals surface area contributed by atoms with Crippen LogP contribution in [0.15, 0.2) is 36.4 Å². The molecule has 0 aromatic heterocycles. The third kappa shape index (κ3) is 6.79. The number of ether oxygens (including phenoxy) is 1. The first kappa shape index (κ1) is 18.7. The number of amides is 2. The topological polar surface area (TPSA) is 84.5 Å². The molecular weight excluding hydrogens is 320 g/mol. The Kier molecular flexibility index (Phi) is 7.19. The number of carbonyl (C=O) groups is 3. The second-order valence-corrected chi connectivity index (χ2v) is 6.07. The van der Waals surface area contributed by atoms with Crippen LogP contribution in [0.4, 0.5) is 0 Å². The van der Waals surface area contributed by atoms with Crippen LogP contribution < -0.4 is 15.4 Å². The summed E-state index contributed by atoms with van der Waals surface area (Å²) in [4.78, 5) is 34.7. The fourth-order valence-electron chi connectivity index (χ4n) is 2.76. The average molecular weight is 344 g/mol. The molecular formula is C19H24N2O4. The SMILES string of the molecule is CC(=O)Oc1cccc(C(=O)NCCNC(=O)/C=C/C2CCCC2)c1. The van der Waals surface area contributed by atoms with Crippen molar-refractivity contribution < 1.29 is 19.1 Å². The van der Waals surface area contributed by atoms with Crippen molar-refractivity contribution in [3.63, 3.8) is 0 Å². The van der Waals surface area contributed by atoms with E-state index in [1.807, 2.05) is 6.08 Å². The van der Waals surface area contributed by atoms with E-state index in [1.165, 1.54) is 25.8 Å². The van der Waals surface area contributed by atoms with Crippen molar-refractivity contribution in [1.29, 1.82) is 0 Å². The first-order valence-electron chi connectivity index (χ1n) is 8.57. The Morgan fingerprint density at radius 3 is 2.60 bits per heavy atom. The summed E-state index contributed by atoms with van der Waals surface area (Å²) in [5.74, 6) is -0.0193. The van der Waals surface area contributed by atoms with Crippen molar-refractivity contribution in [1.82, 2.24) is 10.6 Å². The van der Waals surface area contributed by atoms with Gasteiger partial charge in [0, 0.05) is 25.6 Å². The molecule has 1 aromatic rings. The summed E-state index contributed by atoms with van der Waals surface area (Å²) in [6.07, 6.45) is 8.35. The highest BCUT2D eigenvalue weighted by Gasteiger charge is 2.11. The van der Waals surface area contributed by atoms with Crippen molar-refractivity contribution in [2.75, 3.05) is 13.1 Å². The first-order chi connectivity index (χ1) is 12.0. The van der Waals surface area contributed by atoms with E-state index in [4.69, 9.17) is 4.74 Å². The molecule has 0 bridgehead atoms. The molecule has 6 heteroatoms. The average Bonchev–Trinajstić information content (AvgIpc) is 3.10. The molecule has 1 saturated carbocycles. The number of nitrogens with one attached hydrogen (secondary N) is 2. The van der Waals surface area contributed by atoms with E-state index in [0.717, 1.165) is 12.8 Å². The molecule has 1 aromatic carbocycles. The summed E-state index contributed by atoms with van der Waals surface area (Å²) >= 11 is 0. The highest BCUT2D eigenvalue weighted by Crippen LogP contribution is 2.25. The Morgan fingerprint density at radius 2 is 1.88 bits per heavy atom. The molecule has 0 unspecified atom stereocenters. The van der Waals surface area contributed by atoms with Gasteiger partial charge < -0.3 is 15.4 Å². The van der Waals surface area contributed by atoms with E-state index < -0.39 is 5.97 Å². The van der Waals surface area contributed by atoms with Gasteiger partial charge in [0.1, 0.15) is 5.75 Å². The van der Waals surface area contributed by atoms with E-state index in [9.17, 15) is 14.4 Å². The standard InChI is InChI=1S/C19H24N2O4/c1-14(22)25-17-8-4-7-16(13-17)19(24)21-12-11-20-18(23)10-9-15-5-2-3-6-15/h4,7-10,13,15H,2-3,5-6,11-12H2,1H3,(H,20,23)(H,21,24)/b10-9+. The molecule has 0 atom stereocenters. The van der Waals surface area contributed by atoms with E-state index >= 15 is 0 Å². The lowest BCUT2D eigenvalue weighted by molar-refractivity contribution is -0.131. The van der Waals surface area contributed by atoms with Gasteiger partial charge in [0.2, 0.25) is 5.91 Å². The summed E-state index contributed by atoms with van der Waals surface area (Å²) in [5, 5.41) is 5.45. The predicted octanol–water partition coefficient (Wildman–Crippen LogP) is 2.20. The number of rotatable bonds is 7. The van der Waals surface area contributed by atoms with Gasteiger partial charge in [0.05, 0.1) is 0 Å². The number of allylic oxidation sites excluding steroid dienone is 1. The minimum Gasteiger partial charge on any atom is -0.427 e. The van der Waals surface area contributed by atoms with E-state index in [2.05, 4.69) is 10.6 Å². The summed E-state index contributed by atoms with van der Waals surface area (Å²) in [6, 6.07) is 6.38. The Labute approximate surface area is 147 Å². The molecule has 6 nitrogen and oxygen atoms in total. The lowest BCUT2D eigenvalue weighted by atomic mass is 10.1. The number of carbonyl (C=O) groups excluding carboxylic acids is 3. The van der Waals surface area contributed by atoms with Crippen LogP contribution in [0, 0.1) is 5.92 Å². The minimum atomic E-state index is -0.439. The largest absolute Gasteiger partial charge is 0.427 e. The number of esters is 1. The van der Waals surface area contributed by atoms with Crippen molar-refractivity contribution in [3.05, 3.63) is 42.0 Å². The number of hydrogen-bond acceptors (Lipinski definition) is 4. The molecule has 0 heterocycles. The van der Waals surface area contributed by atoms with E-state index in [-0.39, 0.29) is 11.8 Å². The minimum absolute atomic E-state index is 0.141. The molecule has 134 valence electrons. The lowest BCUT2D eigenvalue weighted by Crippen LogP contribution is -2.34. The van der Waals surface area contributed by atoms with Crippen molar-refractivity contribution in [2.45, 2.75) is 32.6 Å². The Balaban J connectivity index is 1.69. The van der Waals surface area contributed by atoms with Gasteiger partial charge in [-0.05, 0) is 43.0 Å². The zero-order valence-electron chi connectivity index (χ0n) is 14.4.